The Labute approximate surface area is 110 Å². The van der Waals surface area contributed by atoms with E-state index in [1.807, 2.05) is 24.3 Å². The fourth-order valence-electron chi connectivity index (χ4n) is 1.60. The Morgan fingerprint density at radius 1 is 1.17 bits per heavy atom. The SMILES string of the molecule is CCC/C=C(\CCCC)OC(=O)c1ccccc1. The van der Waals surface area contributed by atoms with Gasteiger partial charge in [0.2, 0.25) is 0 Å². The molecule has 1 aromatic carbocycles. The van der Waals surface area contributed by atoms with E-state index in [-0.39, 0.29) is 5.97 Å². The number of carbonyl (C=O) groups is 1. The lowest BCUT2D eigenvalue weighted by atomic mass is 10.2. The predicted octanol–water partition coefficient (Wildman–Crippen LogP) is 4.72. The van der Waals surface area contributed by atoms with Crippen molar-refractivity contribution < 1.29 is 9.53 Å². The zero-order valence-electron chi connectivity index (χ0n) is 11.3. The fourth-order valence-corrected chi connectivity index (χ4v) is 1.60. The van der Waals surface area contributed by atoms with E-state index in [1.54, 1.807) is 12.1 Å². The average molecular weight is 246 g/mol. The third kappa shape index (κ3) is 5.17. The summed E-state index contributed by atoms with van der Waals surface area (Å²) < 4.78 is 5.46. The molecule has 1 aromatic rings. The maximum atomic E-state index is 11.9. The number of hydrogen-bond donors (Lipinski definition) is 0. The van der Waals surface area contributed by atoms with E-state index >= 15 is 0 Å². The maximum absolute atomic E-state index is 11.9. The number of benzene rings is 1. The predicted molar refractivity (Wildman–Crippen MR) is 74.4 cm³/mol. The van der Waals surface area contributed by atoms with E-state index in [0.29, 0.717) is 5.56 Å². The van der Waals surface area contributed by atoms with E-state index < -0.39 is 0 Å². The van der Waals surface area contributed by atoms with Gasteiger partial charge in [-0.1, -0.05) is 44.9 Å². The third-order valence-electron chi connectivity index (χ3n) is 2.67. The molecule has 0 aliphatic carbocycles. The second-order valence-corrected chi connectivity index (χ2v) is 4.32. The zero-order chi connectivity index (χ0) is 13.2. The van der Waals surface area contributed by atoms with Crippen LogP contribution in [0.3, 0.4) is 0 Å². The number of allylic oxidation sites excluding steroid dienone is 2. The van der Waals surface area contributed by atoms with Crippen molar-refractivity contribution in [3.05, 3.63) is 47.7 Å². The van der Waals surface area contributed by atoms with Crippen LogP contribution in [0.5, 0.6) is 0 Å². The van der Waals surface area contributed by atoms with E-state index in [9.17, 15) is 4.79 Å². The van der Waals surface area contributed by atoms with Gasteiger partial charge >= 0.3 is 5.97 Å². The summed E-state index contributed by atoms with van der Waals surface area (Å²) in [7, 11) is 0. The fraction of sp³-hybridized carbons (Fsp3) is 0.438. The van der Waals surface area contributed by atoms with E-state index in [0.717, 1.165) is 37.9 Å². The van der Waals surface area contributed by atoms with Crippen molar-refractivity contribution in [1.29, 1.82) is 0 Å². The lowest BCUT2D eigenvalue weighted by Gasteiger charge is -2.08. The van der Waals surface area contributed by atoms with Crippen molar-refractivity contribution in [2.75, 3.05) is 0 Å². The van der Waals surface area contributed by atoms with Gasteiger partial charge in [-0.15, -0.1) is 0 Å². The van der Waals surface area contributed by atoms with Crippen molar-refractivity contribution in [3.63, 3.8) is 0 Å². The molecule has 0 aliphatic heterocycles. The molecule has 0 unspecified atom stereocenters. The number of hydrogen-bond acceptors (Lipinski definition) is 2. The van der Waals surface area contributed by atoms with Gasteiger partial charge in [0.15, 0.2) is 0 Å². The Bertz CT molecular complexity index is 379. The van der Waals surface area contributed by atoms with Crippen molar-refractivity contribution in [2.45, 2.75) is 46.0 Å². The van der Waals surface area contributed by atoms with Crippen LogP contribution in [-0.4, -0.2) is 5.97 Å². The van der Waals surface area contributed by atoms with Gasteiger partial charge in [-0.3, -0.25) is 0 Å². The minimum absolute atomic E-state index is 0.256. The molecule has 1 rings (SSSR count). The van der Waals surface area contributed by atoms with E-state index in [4.69, 9.17) is 4.74 Å². The third-order valence-corrected chi connectivity index (χ3v) is 2.67. The van der Waals surface area contributed by atoms with Gasteiger partial charge in [0.25, 0.3) is 0 Å². The van der Waals surface area contributed by atoms with Crippen molar-refractivity contribution in [2.24, 2.45) is 0 Å². The number of rotatable bonds is 7. The van der Waals surface area contributed by atoms with Crippen LogP contribution in [0.15, 0.2) is 42.2 Å². The lowest BCUT2D eigenvalue weighted by molar-refractivity contribution is 0.0611. The molecule has 18 heavy (non-hydrogen) atoms. The number of carbonyl (C=O) groups excluding carboxylic acids is 1. The summed E-state index contributed by atoms with van der Waals surface area (Å²) >= 11 is 0. The summed E-state index contributed by atoms with van der Waals surface area (Å²) in [4.78, 5) is 11.9. The summed E-state index contributed by atoms with van der Waals surface area (Å²) in [6, 6.07) is 9.14. The standard InChI is InChI=1S/C16H22O2/c1-3-5-12-15(13-6-4-2)18-16(17)14-10-8-7-9-11-14/h7-12H,3-6,13H2,1-2H3/b15-12+. The molecule has 0 amide bonds. The molecule has 0 saturated carbocycles. The second kappa shape index (κ2) is 8.51. The van der Waals surface area contributed by atoms with Crippen LogP contribution in [0.1, 0.15) is 56.3 Å². The van der Waals surface area contributed by atoms with Crippen molar-refractivity contribution >= 4 is 5.97 Å². The van der Waals surface area contributed by atoms with Gasteiger partial charge in [-0.2, -0.15) is 0 Å². The molecule has 0 aromatic heterocycles. The van der Waals surface area contributed by atoms with E-state index in [1.165, 1.54) is 0 Å². The summed E-state index contributed by atoms with van der Waals surface area (Å²) in [5.74, 6) is 0.557. The van der Waals surface area contributed by atoms with E-state index in [2.05, 4.69) is 13.8 Å². The molecule has 0 fully saturated rings. The highest BCUT2D eigenvalue weighted by Gasteiger charge is 2.09. The van der Waals surface area contributed by atoms with Gasteiger partial charge in [-0.05, 0) is 31.1 Å². The molecular formula is C16H22O2. The smallest absolute Gasteiger partial charge is 0.343 e. The monoisotopic (exact) mass is 246 g/mol. The highest BCUT2D eigenvalue weighted by Crippen LogP contribution is 2.14. The quantitative estimate of drug-likeness (QED) is 0.514. The molecule has 0 radical (unpaired) electrons. The molecule has 0 spiro atoms. The first-order valence-electron chi connectivity index (χ1n) is 6.74. The number of unbranched alkanes of at least 4 members (excludes halogenated alkanes) is 2. The maximum Gasteiger partial charge on any atom is 0.343 e. The van der Waals surface area contributed by atoms with Crippen molar-refractivity contribution in [1.82, 2.24) is 0 Å². The normalized spacial score (nSPS) is 11.3. The van der Waals surface area contributed by atoms with Gasteiger partial charge < -0.3 is 4.74 Å². The first-order chi connectivity index (χ1) is 8.77. The largest absolute Gasteiger partial charge is 0.428 e. The molecule has 2 heteroatoms. The summed E-state index contributed by atoms with van der Waals surface area (Å²) in [5.41, 5.74) is 0.608. The van der Waals surface area contributed by atoms with Crippen LogP contribution < -0.4 is 0 Å². The summed E-state index contributed by atoms with van der Waals surface area (Å²) in [5, 5.41) is 0. The topological polar surface area (TPSA) is 26.3 Å². The van der Waals surface area contributed by atoms with Gasteiger partial charge in [0.1, 0.15) is 5.76 Å². The first kappa shape index (κ1) is 14.5. The Morgan fingerprint density at radius 2 is 1.89 bits per heavy atom. The molecule has 98 valence electrons. The summed E-state index contributed by atoms with van der Waals surface area (Å²) in [6.07, 6.45) is 7.06. The highest BCUT2D eigenvalue weighted by atomic mass is 16.5. The Kier molecular flexibility index (Phi) is 6.85. The van der Waals surface area contributed by atoms with Gasteiger partial charge in [0.05, 0.1) is 5.56 Å². The van der Waals surface area contributed by atoms with Crippen LogP contribution in [-0.2, 0) is 4.74 Å². The average Bonchev–Trinajstić information content (AvgIpc) is 2.42. The highest BCUT2D eigenvalue weighted by molar-refractivity contribution is 5.89. The molecule has 2 nitrogen and oxygen atoms in total. The van der Waals surface area contributed by atoms with Gasteiger partial charge in [0, 0.05) is 6.42 Å². The van der Waals surface area contributed by atoms with Crippen LogP contribution >= 0.6 is 0 Å². The van der Waals surface area contributed by atoms with Crippen LogP contribution in [0.4, 0.5) is 0 Å². The molecule has 0 bridgehead atoms. The molecular weight excluding hydrogens is 224 g/mol. The molecule has 0 aliphatic rings. The molecule has 0 heterocycles. The number of esters is 1. The second-order valence-electron chi connectivity index (χ2n) is 4.32. The first-order valence-corrected chi connectivity index (χ1v) is 6.74. The zero-order valence-corrected chi connectivity index (χ0v) is 11.3. The van der Waals surface area contributed by atoms with Crippen molar-refractivity contribution in [3.8, 4) is 0 Å². The lowest BCUT2D eigenvalue weighted by Crippen LogP contribution is -2.05. The van der Waals surface area contributed by atoms with Gasteiger partial charge in [-0.25, -0.2) is 4.79 Å². The van der Waals surface area contributed by atoms with Crippen LogP contribution in [0.2, 0.25) is 0 Å². The molecule has 0 saturated heterocycles. The number of ether oxygens (including phenoxy) is 1. The Morgan fingerprint density at radius 3 is 2.50 bits per heavy atom. The minimum Gasteiger partial charge on any atom is -0.428 e. The Balaban J connectivity index is 2.62. The van der Waals surface area contributed by atoms with Crippen LogP contribution in [0, 0.1) is 0 Å². The summed E-state index contributed by atoms with van der Waals surface area (Å²) in [6.45, 7) is 4.25. The Hall–Kier alpha value is -1.57. The molecule has 0 atom stereocenters. The minimum atomic E-state index is -0.256. The molecule has 0 N–H and O–H groups in total. The van der Waals surface area contributed by atoms with Crippen LogP contribution in [0.25, 0.3) is 0 Å².